The molecule has 0 spiro atoms. The lowest BCUT2D eigenvalue weighted by Gasteiger charge is -2.18. The fourth-order valence-electron chi connectivity index (χ4n) is 2.23. The normalized spacial score (nSPS) is 10.6. The average molecular weight is 410 g/mol. The van der Waals surface area contributed by atoms with Gasteiger partial charge in [-0.25, -0.2) is 0 Å². The second-order valence-electron chi connectivity index (χ2n) is 5.58. The molecule has 3 N–H and O–H groups in total. The van der Waals surface area contributed by atoms with Gasteiger partial charge in [0.2, 0.25) is 17.7 Å². The fraction of sp³-hybridized carbons (Fsp3) is 0.812. The van der Waals surface area contributed by atoms with Crippen molar-refractivity contribution in [2.75, 3.05) is 55.7 Å². The fourth-order valence-corrected chi connectivity index (χ4v) is 3.32. The van der Waals surface area contributed by atoms with Gasteiger partial charge in [0.1, 0.15) is 0 Å². The van der Waals surface area contributed by atoms with Crippen molar-refractivity contribution in [3.05, 3.63) is 0 Å². The zero-order valence-corrected chi connectivity index (χ0v) is 17.8. The van der Waals surface area contributed by atoms with Gasteiger partial charge in [-0.3, -0.25) is 14.4 Å². The van der Waals surface area contributed by atoms with E-state index >= 15 is 0 Å². The summed E-state index contributed by atoms with van der Waals surface area (Å²) in [6.07, 6.45) is 8.23. The quantitative estimate of drug-likeness (QED) is 0.377. The van der Waals surface area contributed by atoms with E-state index in [0.717, 1.165) is 19.3 Å². The van der Waals surface area contributed by atoms with Gasteiger partial charge >= 0.3 is 0 Å². The van der Waals surface area contributed by atoms with Crippen molar-refractivity contribution >= 4 is 53.0 Å². The first kappa shape index (κ1) is 24.5. The Labute approximate surface area is 164 Å². The van der Waals surface area contributed by atoms with E-state index in [4.69, 9.17) is 0 Å². The monoisotopic (exact) mass is 409 g/mol. The summed E-state index contributed by atoms with van der Waals surface area (Å²) in [5.41, 5.74) is 0. The third kappa shape index (κ3) is 15.4. The smallest absolute Gasteiger partial charge is 0.229 e. The van der Waals surface area contributed by atoms with E-state index < -0.39 is 0 Å². The second-order valence-corrected chi connectivity index (χ2v) is 8.18. The maximum Gasteiger partial charge on any atom is 0.229 e. The third-order valence-corrected chi connectivity index (χ3v) is 5.10. The van der Waals surface area contributed by atoms with E-state index in [2.05, 4.69) is 16.0 Å². The molecule has 0 rings (SSSR count). The Morgan fingerprint density at radius 2 is 0.920 bits per heavy atom. The molecule has 0 bridgehead atoms. The molecule has 0 atom stereocenters. The van der Waals surface area contributed by atoms with Crippen LogP contribution in [0.3, 0.4) is 0 Å². The minimum atomic E-state index is 0.0489. The molecule has 9 heteroatoms. The lowest BCUT2D eigenvalue weighted by atomic mass is 9.97. The Kier molecular flexibility index (Phi) is 16.5. The number of carbonyl (C=O) groups excluding carboxylic acids is 3. The van der Waals surface area contributed by atoms with Crippen molar-refractivity contribution in [1.29, 1.82) is 0 Å². The Bertz CT molecular complexity index is 341. The molecule has 0 radical (unpaired) electrons. The number of hydrogen-bond acceptors (Lipinski definition) is 6. The van der Waals surface area contributed by atoms with Crippen LogP contribution >= 0.6 is 35.3 Å². The lowest BCUT2D eigenvalue weighted by Crippen LogP contribution is -2.32. The summed E-state index contributed by atoms with van der Waals surface area (Å²) in [5, 5.41) is 8.74. The zero-order chi connectivity index (χ0) is 18.9. The van der Waals surface area contributed by atoms with Crippen LogP contribution in [0.2, 0.25) is 0 Å². The lowest BCUT2D eigenvalue weighted by molar-refractivity contribution is -0.119. The minimum absolute atomic E-state index is 0.0489. The van der Waals surface area contributed by atoms with E-state index in [1.807, 2.05) is 18.8 Å². The number of hydrogen-bond donors (Lipinski definition) is 3. The number of thioether (sulfide) groups is 3. The summed E-state index contributed by atoms with van der Waals surface area (Å²) >= 11 is 4.50. The number of amides is 3. The highest BCUT2D eigenvalue weighted by molar-refractivity contribution is 7.99. The van der Waals surface area contributed by atoms with Crippen molar-refractivity contribution in [1.82, 2.24) is 16.0 Å². The average Bonchev–Trinajstić information content (AvgIpc) is 2.55. The van der Waals surface area contributed by atoms with Crippen molar-refractivity contribution in [2.45, 2.75) is 19.3 Å². The van der Waals surface area contributed by atoms with Gasteiger partial charge < -0.3 is 16.0 Å². The van der Waals surface area contributed by atoms with Crippen molar-refractivity contribution < 1.29 is 14.4 Å². The first-order chi connectivity index (χ1) is 12.0. The van der Waals surface area contributed by atoms with Crippen LogP contribution in [0, 0.1) is 5.92 Å². The summed E-state index contributed by atoms with van der Waals surface area (Å²) in [6.45, 7) is 1.88. The molecule has 0 aliphatic heterocycles. The van der Waals surface area contributed by atoms with E-state index in [1.54, 1.807) is 0 Å². The molecule has 0 aromatic carbocycles. The zero-order valence-electron chi connectivity index (χ0n) is 15.4. The van der Waals surface area contributed by atoms with Gasteiger partial charge in [0.25, 0.3) is 0 Å². The van der Waals surface area contributed by atoms with Crippen LogP contribution in [0.5, 0.6) is 0 Å². The first-order valence-electron chi connectivity index (χ1n) is 8.30. The predicted octanol–water partition coefficient (Wildman–Crippen LogP) is 1.21. The minimum Gasteiger partial charge on any atom is -0.355 e. The molecule has 25 heavy (non-hydrogen) atoms. The van der Waals surface area contributed by atoms with Crippen LogP contribution < -0.4 is 16.0 Å². The SMILES string of the molecule is CSCC(=O)NCCC(CCNC(=O)CSC)CCNC(=O)CSC. The Hall–Kier alpha value is -0.540. The van der Waals surface area contributed by atoms with Crippen LogP contribution in [0.15, 0.2) is 0 Å². The number of carbonyl (C=O) groups is 3. The highest BCUT2D eigenvalue weighted by Crippen LogP contribution is 2.12. The number of rotatable bonds is 15. The Balaban J connectivity index is 4.17. The Morgan fingerprint density at radius 1 is 0.640 bits per heavy atom. The molecule has 146 valence electrons. The molecule has 0 aliphatic rings. The van der Waals surface area contributed by atoms with Crippen LogP contribution in [0.1, 0.15) is 19.3 Å². The van der Waals surface area contributed by atoms with Crippen molar-refractivity contribution in [2.24, 2.45) is 5.92 Å². The van der Waals surface area contributed by atoms with Crippen LogP contribution in [-0.2, 0) is 14.4 Å². The molecule has 0 unspecified atom stereocenters. The summed E-state index contributed by atoms with van der Waals surface area (Å²) < 4.78 is 0. The van der Waals surface area contributed by atoms with Gasteiger partial charge in [-0.15, -0.1) is 0 Å². The van der Waals surface area contributed by atoms with Crippen molar-refractivity contribution in [3.8, 4) is 0 Å². The van der Waals surface area contributed by atoms with Gasteiger partial charge in [-0.05, 0) is 43.9 Å². The third-order valence-electron chi connectivity index (χ3n) is 3.45. The highest BCUT2D eigenvalue weighted by Gasteiger charge is 2.11. The molecule has 0 aromatic heterocycles. The summed E-state index contributed by atoms with van der Waals surface area (Å²) in [6, 6.07) is 0. The topological polar surface area (TPSA) is 87.3 Å². The molecule has 3 amide bonds. The van der Waals surface area contributed by atoms with Crippen LogP contribution in [0.25, 0.3) is 0 Å². The molecular formula is C16H31N3O3S3. The maximum atomic E-state index is 11.5. The molecule has 0 aliphatic carbocycles. The largest absolute Gasteiger partial charge is 0.355 e. The first-order valence-corrected chi connectivity index (χ1v) is 12.5. The van der Waals surface area contributed by atoms with E-state index in [-0.39, 0.29) is 17.7 Å². The summed E-state index contributed by atoms with van der Waals surface area (Å²) in [5.74, 6) is 1.91. The standard InChI is InChI=1S/C16H31N3O3S3/c1-23-10-14(20)17-7-4-13(5-8-18-15(21)11-24-2)6-9-19-16(22)12-25-3/h13H,4-12H2,1-3H3,(H,17,20)(H,18,21)(H,19,22). The maximum absolute atomic E-state index is 11.5. The molecule has 0 aromatic rings. The van der Waals surface area contributed by atoms with E-state index in [9.17, 15) is 14.4 Å². The highest BCUT2D eigenvalue weighted by atomic mass is 32.2. The van der Waals surface area contributed by atoms with Gasteiger partial charge in [0.05, 0.1) is 17.3 Å². The molecule has 6 nitrogen and oxygen atoms in total. The van der Waals surface area contributed by atoms with E-state index in [0.29, 0.717) is 42.8 Å². The molecular weight excluding hydrogens is 378 g/mol. The van der Waals surface area contributed by atoms with Gasteiger partial charge in [-0.1, -0.05) is 0 Å². The van der Waals surface area contributed by atoms with Gasteiger partial charge in [-0.2, -0.15) is 35.3 Å². The van der Waals surface area contributed by atoms with Gasteiger partial charge in [0, 0.05) is 19.6 Å². The van der Waals surface area contributed by atoms with Crippen LogP contribution in [-0.4, -0.2) is 73.4 Å². The summed E-state index contributed by atoms with van der Waals surface area (Å²) in [4.78, 5) is 34.6. The number of nitrogens with one attached hydrogen (secondary N) is 3. The van der Waals surface area contributed by atoms with Crippen molar-refractivity contribution in [3.63, 3.8) is 0 Å². The van der Waals surface area contributed by atoms with Crippen LogP contribution in [0.4, 0.5) is 0 Å². The Morgan fingerprint density at radius 3 is 1.16 bits per heavy atom. The molecule has 0 saturated heterocycles. The molecule has 0 saturated carbocycles. The second kappa shape index (κ2) is 16.9. The molecule has 0 fully saturated rings. The molecule has 0 heterocycles. The van der Waals surface area contributed by atoms with Gasteiger partial charge in [0.15, 0.2) is 0 Å². The summed E-state index contributed by atoms with van der Waals surface area (Å²) in [7, 11) is 0. The van der Waals surface area contributed by atoms with E-state index in [1.165, 1.54) is 35.3 Å². The predicted molar refractivity (Wildman–Crippen MR) is 112 cm³/mol.